The molecular weight excluding hydrogens is 298 g/mol. The van der Waals surface area contributed by atoms with Crippen molar-refractivity contribution in [3.8, 4) is 0 Å². The summed E-state index contributed by atoms with van der Waals surface area (Å²) in [5.74, 6) is 0.131. The summed E-state index contributed by atoms with van der Waals surface area (Å²) in [7, 11) is -3.60. The third kappa shape index (κ3) is 4.07. The molecule has 1 unspecified atom stereocenters. The van der Waals surface area contributed by atoms with Gasteiger partial charge in [-0.25, -0.2) is 18.1 Å². The van der Waals surface area contributed by atoms with Gasteiger partial charge in [-0.2, -0.15) is 5.10 Å². The molecule has 1 aromatic heterocycles. The van der Waals surface area contributed by atoms with E-state index >= 15 is 0 Å². The Balaban J connectivity index is 2.05. The minimum atomic E-state index is -3.60. The Morgan fingerprint density at radius 1 is 1.38 bits per heavy atom. The van der Waals surface area contributed by atoms with Gasteiger partial charge in [-0.15, -0.1) is 0 Å². The van der Waals surface area contributed by atoms with E-state index in [9.17, 15) is 18.5 Å². The van der Waals surface area contributed by atoms with E-state index in [-0.39, 0.29) is 11.4 Å². The summed E-state index contributed by atoms with van der Waals surface area (Å²) in [6, 6.07) is 4.82. The van der Waals surface area contributed by atoms with Crippen LogP contribution in [0.3, 0.4) is 0 Å². The zero-order valence-electron chi connectivity index (χ0n) is 11.1. The fourth-order valence-electron chi connectivity index (χ4n) is 1.72. The van der Waals surface area contributed by atoms with Crippen LogP contribution in [-0.2, 0) is 15.8 Å². The minimum absolute atomic E-state index is 0.0841. The average molecular weight is 311 g/mol. The first-order valence-electron chi connectivity index (χ1n) is 5.96. The zero-order chi connectivity index (χ0) is 15.5. The Labute approximate surface area is 120 Å². The van der Waals surface area contributed by atoms with Gasteiger partial charge in [-0.1, -0.05) is 12.1 Å². The molecular formula is C11H13N5O4S. The largest absolute Gasteiger partial charge is 0.269 e. The van der Waals surface area contributed by atoms with Crippen LogP contribution in [-0.4, -0.2) is 28.5 Å². The molecule has 0 bridgehead atoms. The standard InChI is InChI=1S/C11H13N5O4S/c1-8(11-12-7-13-14-11)15-21(19,20)6-9-2-4-10(5-3-9)16(17)18/h2-5,7-8,15H,6H2,1H3,(H,12,13,14). The van der Waals surface area contributed by atoms with E-state index in [1.165, 1.54) is 30.6 Å². The van der Waals surface area contributed by atoms with Crippen LogP contribution in [0.15, 0.2) is 30.6 Å². The van der Waals surface area contributed by atoms with Gasteiger partial charge in [0.2, 0.25) is 10.0 Å². The van der Waals surface area contributed by atoms with Crippen molar-refractivity contribution in [1.29, 1.82) is 0 Å². The first kappa shape index (κ1) is 15.1. The highest BCUT2D eigenvalue weighted by atomic mass is 32.2. The highest BCUT2D eigenvalue weighted by Crippen LogP contribution is 2.15. The van der Waals surface area contributed by atoms with Gasteiger partial charge in [-0.3, -0.25) is 15.2 Å². The average Bonchev–Trinajstić information content (AvgIpc) is 2.92. The van der Waals surface area contributed by atoms with Crippen LogP contribution in [0.1, 0.15) is 24.4 Å². The van der Waals surface area contributed by atoms with E-state index in [1.807, 2.05) is 0 Å². The lowest BCUT2D eigenvalue weighted by Crippen LogP contribution is -2.28. The molecule has 0 aliphatic carbocycles. The van der Waals surface area contributed by atoms with Crippen LogP contribution < -0.4 is 4.72 Å². The molecule has 0 aliphatic rings. The molecule has 1 heterocycles. The van der Waals surface area contributed by atoms with Gasteiger partial charge in [0.15, 0.2) is 0 Å². The van der Waals surface area contributed by atoms with Crippen molar-refractivity contribution in [2.24, 2.45) is 0 Å². The third-order valence-corrected chi connectivity index (χ3v) is 4.13. The maximum absolute atomic E-state index is 12.0. The molecule has 0 amide bonds. The number of aromatic nitrogens is 3. The molecule has 21 heavy (non-hydrogen) atoms. The molecule has 1 aromatic carbocycles. The number of nitrogens with zero attached hydrogens (tertiary/aromatic N) is 3. The molecule has 0 radical (unpaired) electrons. The second kappa shape index (κ2) is 5.97. The summed E-state index contributed by atoms with van der Waals surface area (Å²) in [5, 5.41) is 16.8. The number of H-pyrrole nitrogens is 1. The number of aromatic amines is 1. The summed E-state index contributed by atoms with van der Waals surface area (Å²) < 4.78 is 26.5. The maximum Gasteiger partial charge on any atom is 0.269 e. The summed E-state index contributed by atoms with van der Waals surface area (Å²) in [5.41, 5.74) is 0.372. The number of nitrogens with one attached hydrogen (secondary N) is 2. The highest BCUT2D eigenvalue weighted by molar-refractivity contribution is 7.88. The van der Waals surface area contributed by atoms with Crippen LogP contribution in [0.25, 0.3) is 0 Å². The summed E-state index contributed by atoms with van der Waals surface area (Å²) in [6.45, 7) is 1.63. The Bertz CT molecular complexity index is 712. The Morgan fingerprint density at radius 3 is 2.57 bits per heavy atom. The van der Waals surface area contributed by atoms with Crippen molar-refractivity contribution >= 4 is 15.7 Å². The van der Waals surface area contributed by atoms with Crippen molar-refractivity contribution in [2.75, 3.05) is 0 Å². The van der Waals surface area contributed by atoms with Crippen LogP contribution >= 0.6 is 0 Å². The first-order chi connectivity index (χ1) is 9.87. The molecule has 0 spiro atoms. The van der Waals surface area contributed by atoms with E-state index in [4.69, 9.17) is 0 Å². The number of nitro groups is 1. The van der Waals surface area contributed by atoms with Gasteiger partial charge < -0.3 is 0 Å². The first-order valence-corrected chi connectivity index (χ1v) is 7.61. The molecule has 1 atom stereocenters. The molecule has 2 rings (SSSR count). The second-order valence-corrected chi connectivity index (χ2v) is 6.15. The van der Waals surface area contributed by atoms with Crippen LogP contribution in [0.5, 0.6) is 0 Å². The predicted octanol–water partition coefficient (Wildman–Crippen LogP) is 0.893. The fourth-order valence-corrected chi connectivity index (χ4v) is 3.09. The number of hydrogen-bond donors (Lipinski definition) is 2. The fraction of sp³-hybridized carbons (Fsp3) is 0.273. The summed E-state index contributed by atoms with van der Waals surface area (Å²) >= 11 is 0. The normalized spacial score (nSPS) is 13.0. The van der Waals surface area contributed by atoms with E-state index < -0.39 is 21.0 Å². The smallest absolute Gasteiger partial charge is 0.262 e. The summed E-state index contributed by atoms with van der Waals surface area (Å²) in [6.07, 6.45) is 1.29. The second-order valence-electron chi connectivity index (χ2n) is 4.39. The summed E-state index contributed by atoms with van der Waals surface area (Å²) in [4.78, 5) is 13.9. The number of nitro benzene ring substituents is 1. The molecule has 0 fully saturated rings. The van der Waals surface area contributed by atoms with Crippen molar-refractivity contribution in [2.45, 2.75) is 18.7 Å². The van der Waals surface area contributed by atoms with Gasteiger partial charge in [-0.05, 0) is 12.5 Å². The number of non-ortho nitro benzene ring substituents is 1. The molecule has 2 aromatic rings. The van der Waals surface area contributed by atoms with E-state index in [2.05, 4.69) is 19.9 Å². The number of benzene rings is 1. The quantitative estimate of drug-likeness (QED) is 0.601. The molecule has 0 saturated carbocycles. The maximum atomic E-state index is 12.0. The van der Waals surface area contributed by atoms with Gasteiger partial charge >= 0.3 is 0 Å². The van der Waals surface area contributed by atoms with Crippen molar-refractivity contribution in [3.05, 3.63) is 52.1 Å². The lowest BCUT2D eigenvalue weighted by atomic mass is 10.2. The molecule has 112 valence electrons. The van der Waals surface area contributed by atoms with E-state index in [1.54, 1.807) is 6.92 Å². The minimum Gasteiger partial charge on any atom is -0.262 e. The topological polar surface area (TPSA) is 131 Å². The lowest BCUT2D eigenvalue weighted by molar-refractivity contribution is -0.384. The molecule has 0 saturated heterocycles. The third-order valence-electron chi connectivity index (χ3n) is 2.70. The van der Waals surface area contributed by atoms with Gasteiger partial charge in [0.1, 0.15) is 12.2 Å². The van der Waals surface area contributed by atoms with Crippen molar-refractivity contribution in [1.82, 2.24) is 19.9 Å². The SMILES string of the molecule is CC(NS(=O)(=O)Cc1ccc([N+](=O)[O-])cc1)c1ncn[nH]1. The Morgan fingerprint density at radius 2 is 2.05 bits per heavy atom. The Hall–Kier alpha value is -2.33. The number of rotatable bonds is 6. The van der Waals surface area contributed by atoms with Crippen LogP contribution in [0.2, 0.25) is 0 Å². The van der Waals surface area contributed by atoms with Crippen LogP contribution in [0, 0.1) is 10.1 Å². The van der Waals surface area contributed by atoms with Crippen molar-refractivity contribution in [3.63, 3.8) is 0 Å². The number of sulfonamides is 1. The molecule has 9 nitrogen and oxygen atoms in total. The molecule has 0 aliphatic heterocycles. The van der Waals surface area contributed by atoms with Gasteiger partial charge in [0, 0.05) is 12.1 Å². The van der Waals surface area contributed by atoms with Gasteiger partial charge in [0.05, 0.1) is 16.7 Å². The highest BCUT2D eigenvalue weighted by Gasteiger charge is 2.18. The lowest BCUT2D eigenvalue weighted by Gasteiger charge is -2.11. The Kier molecular flexibility index (Phi) is 4.29. The van der Waals surface area contributed by atoms with E-state index in [0.29, 0.717) is 11.4 Å². The number of hydrogen-bond acceptors (Lipinski definition) is 6. The van der Waals surface area contributed by atoms with Gasteiger partial charge in [0.25, 0.3) is 5.69 Å². The predicted molar refractivity (Wildman–Crippen MR) is 73.7 cm³/mol. The molecule has 10 heteroatoms. The van der Waals surface area contributed by atoms with Crippen molar-refractivity contribution < 1.29 is 13.3 Å². The van der Waals surface area contributed by atoms with Crippen LogP contribution in [0.4, 0.5) is 5.69 Å². The monoisotopic (exact) mass is 311 g/mol. The zero-order valence-corrected chi connectivity index (χ0v) is 11.9. The molecule has 2 N–H and O–H groups in total. The van der Waals surface area contributed by atoms with E-state index in [0.717, 1.165) is 0 Å².